The maximum absolute atomic E-state index is 5.43. The molecule has 0 aromatic rings. The molecule has 0 heterocycles. The van der Waals surface area contributed by atoms with Crippen molar-refractivity contribution in [1.29, 1.82) is 0 Å². The molecule has 0 aliphatic rings. The minimum absolute atomic E-state index is 0. The Labute approximate surface area is 466 Å². The van der Waals surface area contributed by atoms with Crippen LogP contribution in [0.5, 0.6) is 0 Å². The van der Waals surface area contributed by atoms with Crippen LogP contribution in [0.15, 0.2) is 0 Å². The van der Waals surface area contributed by atoms with Gasteiger partial charge in [-0.2, -0.15) is 22.2 Å². The molecule has 0 amide bonds. The Morgan fingerprint density at radius 1 is 0.315 bits per heavy atom. The van der Waals surface area contributed by atoms with Crippen molar-refractivity contribution < 1.29 is 1.43 Å². The Morgan fingerprint density at radius 2 is 0.315 bits per heavy atom. The third-order valence-electron chi connectivity index (χ3n) is 0. The first-order chi connectivity index (χ1) is 18.1. The van der Waals surface area contributed by atoms with E-state index < -0.39 is 60.3 Å². The molecule has 0 atom stereocenters. The third-order valence-corrected chi connectivity index (χ3v) is 0. The summed E-state index contributed by atoms with van der Waals surface area (Å²) in [4.78, 5) is 0. The molecule has 0 aromatic heterocycles. The van der Waals surface area contributed by atoms with Crippen molar-refractivity contribution in [3.8, 4) is 0 Å². The van der Waals surface area contributed by atoms with Gasteiger partial charge >= 0.3 is 12.0 Å². The second kappa shape index (κ2) is 76.2. The molecule has 0 aromatic carbocycles. The number of rotatable bonds is 0. The minimum atomic E-state index is -2.72. The first kappa shape index (κ1) is 131. The third kappa shape index (κ3) is 2750. The Kier molecular flexibility index (Phi) is 185. The summed E-state index contributed by atoms with van der Waals surface area (Å²) in [6, 6.07) is 0. The highest BCUT2D eigenvalue weighted by Gasteiger charge is 2.19. The first-order valence-corrected chi connectivity index (χ1v) is 57.2. The summed E-state index contributed by atoms with van der Waals surface area (Å²) in [5.74, 6) is 0. The lowest BCUT2D eigenvalue weighted by Crippen LogP contribution is -2.02. The molecule has 0 aliphatic carbocycles. The maximum atomic E-state index is 5.43. The fourth-order valence-electron chi connectivity index (χ4n) is 0. The molecule has 0 saturated heterocycles. The smallest absolute Gasteiger partial charge is 0.155 e. The second-order valence-corrected chi connectivity index (χ2v) is 82.4. The van der Waals surface area contributed by atoms with Gasteiger partial charge in [-0.25, -0.2) is 0 Å². The van der Waals surface area contributed by atoms with Gasteiger partial charge in [0.1, 0.15) is 0 Å². The van der Waals surface area contributed by atoms with Gasteiger partial charge in [0.05, 0.1) is 0 Å². The molecule has 0 fully saturated rings. The minimum Gasteiger partial charge on any atom is -0.155 e. The number of hydrogen-bond donors (Lipinski definition) is 0. The number of halogens is 24. The Balaban J connectivity index is -0.0000000121. The van der Waals surface area contributed by atoms with Crippen molar-refractivity contribution in [2.24, 2.45) is 0 Å². The molecule has 0 saturated carbocycles. The van der Waals surface area contributed by atoms with E-state index in [-0.39, 0.29) is 80.7 Å². The molecule has 0 unspecified atom stereocenters. The van der Waals surface area contributed by atoms with Crippen molar-refractivity contribution in [2.75, 3.05) is 0 Å². The van der Waals surface area contributed by atoms with Crippen LogP contribution in [0, 0.1) is 0 Å². The van der Waals surface area contributed by atoms with Gasteiger partial charge in [-0.3, -0.25) is 0 Å². The monoisotopic (exact) mass is 1420 g/mol. The van der Waals surface area contributed by atoms with Gasteiger partial charge in [-0.05, 0) is 78.6 Å². The molecule has 0 rings (SSSR count). The lowest BCUT2D eigenvalue weighted by molar-refractivity contribution is 2.06. The van der Waals surface area contributed by atoms with Gasteiger partial charge in [-0.1, -0.05) is 66.8 Å². The lowest BCUT2D eigenvalue weighted by Gasteiger charge is -1.93. The zero-order chi connectivity index (χ0) is 39.8. The zero-order valence-electron chi connectivity index (χ0n) is 25.9. The van der Waals surface area contributed by atoms with E-state index in [0.717, 1.165) is 0 Å². The standard InChI is InChI=1S/6C2H6Cl2Si.9CH4.Cl4Si.Cl3HSi.Cl2H2Si.Cl2.ClH.H2/c6*1-5(2,3)4;;;;;;;;;;1-5(2,3)4;1-4(2)3;1-3-2;1-2;;/h6*1-2H3;9*1H4;;4H;3H2;;2*1H. The SMILES string of the molecule is C.C.C.C.C.C.C.C.C.C[Si](C)(Cl)Cl.C[Si](C)(Cl)Cl.C[Si](C)(Cl)Cl.C[Si](C)(Cl)Cl.C[Si](C)(Cl)Cl.C[Si](C)(Cl)Cl.Cl.ClCl.Cl[SiH2]Cl.Cl[SiH](Cl)Cl.Cl[Si](Cl)(Cl)Cl.[HH]. The molecule has 0 aliphatic heterocycles. The molecular formula is C21H78Cl24Si9. The summed E-state index contributed by atoms with van der Waals surface area (Å²) in [5.41, 5.74) is 0. The summed E-state index contributed by atoms with van der Waals surface area (Å²) >= 11 is 110. The zero-order valence-corrected chi connectivity index (χ0v) is 53.7. The molecule has 0 spiro atoms. The van der Waals surface area contributed by atoms with E-state index in [1.165, 1.54) is 0 Å². The van der Waals surface area contributed by atoms with Crippen LogP contribution in [-0.2, 0) is 0 Å². The highest BCUT2D eigenvalue weighted by molar-refractivity contribution is 7.81. The highest BCUT2D eigenvalue weighted by atomic mass is 36.5. The summed E-state index contributed by atoms with van der Waals surface area (Å²) in [6.45, 7) is 10.6. The highest BCUT2D eigenvalue weighted by Crippen LogP contribution is 2.23. The molecular weight excluding hydrogens is 1360 g/mol. The first-order valence-electron chi connectivity index (χ1n) is 10.4. The summed E-state index contributed by atoms with van der Waals surface area (Å²) < 4.78 is 0. The van der Waals surface area contributed by atoms with Crippen LogP contribution >= 0.6 is 267 Å². The van der Waals surface area contributed by atoms with Crippen molar-refractivity contribution >= 4 is 327 Å². The van der Waals surface area contributed by atoms with Crippen molar-refractivity contribution in [1.82, 2.24) is 0 Å². The topological polar surface area (TPSA) is 0 Å². The molecule has 0 nitrogen and oxygen atoms in total. The van der Waals surface area contributed by atoms with E-state index in [1.807, 2.05) is 78.6 Å². The van der Waals surface area contributed by atoms with E-state index in [4.69, 9.17) is 233 Å². The van der Waals surface area contributed by atoms with E-state index in [1.54, 1.807) is 0 Å². The van der Waals surface area contributed by atoms with E-state index >= 15 is 0 Å². The van der Waals surface area contributed by atoms with E-state index in [2.05, 4.69) is 21.7 Å². The fraction of sp³-hybridized carbons (Fsp3) is 1.00. The normalized spacial score (nSPS) is 8.89. The van der Waals surface area contributed by atoms with E-state index in [9.17, 15) is 0 Å². The van der Waals surface area contributed by atoms with Crippen LogP contribution in [0.2, 0.25) is 78.6 Å². The van der Waals surface area contributed by atoms with Crippen LogP contribution < -0.4 is 0 Å². The lowest BCUT2D eigenvalue weighted by atomic mass is 11.9. The predicted octanol–water partition coefficient (Wildman–Crippen LogP) is 25.0. The summed E-state index contributed by atoms with van der Waals surface area (Å²) in [7, 11) is 7.58. The van der Waals surface area contributed by atoms with Gasteiger partial charge < -0.3 is 0 Å². The van der Waals surface area contributed by atoms with Crippen LogP contribution in [0.4, 0.5) is 0 Å². The van der Waals surface area contributed by atoms with Gasteiger partial charge in [-0.15, -0.1) is 223 Å². The molecule has 0 N–H and O–H groups in total. The average Bonchev–Trinajstić information content (AvgIpc) is 2.44. The van der Waals surface area contributed by atoms with Crippen molar-refractivity contribution in [2.45, 2.75) is 145 Å². The number of hydrogen-bond acceptors (Lipinski definition) is 0. The largest absolute Gasteiger partial charge is 0.440 e. The van der Waals surface area contributed by atoms with Crippen LogP contribution in [0.3, 0.4) is 0 Å². The molecule has 0 bridgehead atoms. The Hall–Kier alpha value is 8.91. The fourth-order valence-corrected chi connectivity index (χ4v) is 0. The molecule has 0 radical (unpaired) electrons. The quantitative estimate of drug-likeness (QED) is 0.168. The van der Waals surface area contributed by atoms with Gasteiger partial charge in [0.25, 0.3) is 0 Å². The van der Waals surface area contributed by atoms with E-state index in [0.29, 0.717) is 0 Å². The van der Waals surface area contributed by atoms with Gasteiger partial charge in [0.15, 0.2) is 0 Å². The average molecular weight is 1430 g/mol. The summed E-state index contributed by atoms with van der Waals surface area (Å²) in [5, 5.41) is -2.72. The molecule has 366 valence electrons. The Morgan fingerprint density at radius 3 is 0.315 bits per heavy atom. The van der Waals surface area contributed by atoms with Gasteiger partial charge in [0.2, 0.25) is 48.3 Å². The van der Waals surface area contributed by atoms with Crippen molar-refractivity contribution in [3.05, 3.63) is 0 Å². The predicted molar refractivity (Wildman–Crippen MR) is 331 cm³/mol. The maximum Gasteiger partial charge on any atom is 0.440 e. The molecule has 54 heavy (non-hydrogen) atoms. The van der Waals surface area contributed by atoms with Crippen molar-refractivity contribution in [3.63, 3.8) is 0 Å². The summed E-state index contributed by atoms with van der Waals surface area (Å²) in [6.07, 6.45) is 0. The van der Waals surface area contributed by atoms with Crippen LogP contribution in [0.1, 0.15) is 68.3 Å². The molecule has 33 heteroatoms. The van der Waals surface area contributed by atoms with Crippen LogP contribution in [-0.4, -0.2) is 60.3 Å². The second-order valence-electron chi connectivity index (χ2n) is 8.74. The van der Waals surface area contributed by atoms with Gasteiger partial charge in [0, 0.05) is 23.1 Å². The Bertz CT molecular complexity index is 364. The van der Waals surface area contributed by atoms with Crippen LogP contribution in [0.25, 0.3) is 0 Å².